The van der Waals surface area contributed by atoms with Gasteiger partial charge in [-0.3, -0.25) is 0 Å². The van der Waals surface area contributed by atoms with Crippen LogP contribution < -0.4 is 10.1 Å². The predicted molar refractivity (Wildman–Crippen MR) is 65.0 cm³/mol. The van der Waals surface area contributed by atoms with Crippen LogP contribution >= 0.6 is 12.4 Å². The summed E-state index contributed by atoms with van der Waals surface area (Å²) < 4.78 is 5.32. The minimum absolute atomic E-state index is 0. The molecule has 15 heavy (non-hydrogen) atoms. The largest absolute Gasteiger partial charge is 0.496 e. The Morgan fingerprint density at radius 2 is 2.20 bits per heavy atom. The van der Waals surface area contributed by atoms with Gasteiger partial charge in [-0.15, -0.1) is 12.4 Å². The van der Waals surface area contributed by atoms with Gasteiger partial charge >= 0.3 is 0 Å². The topological polar surface area (TPSA) is 21.3 Å². The monoisotopic (exact) mass is 227 g/mol. The van der Waals surface area contributed by atoms with E-state index in [1.54, 1.807) is 7.11 Å². The predicted octanol–water partition coefficient (Wildman–Crippen LogP) is 2.85. The molecule has 0 unspecified atom stereocenters. The summed E-state index contributed by atoms with van der Waals surface area (Å²) >= 11 is 0. The lowest BCUT2D eigenvalue weighted by atomic mass is 9.99. The summed E-state index contributed by atoms with van der Waals surface area (Å²) in [4.78, 5) is 0. The molecule has 1 aromatic carbocycles. The highest BCUT2D eigenvalue weighted by Crippen LogP contribution is 2.30. The molecular formula is C12H18ClNO. The first-order valence-corrected chi connectivity index (χ1v) is 5.20. The first-order valence-electron chi connectivity index (χ1n) is 5.20. The summed E-state index contributed by atoms with van der Waals surface area (Å²) in [7, 11) is 1.73. The third-order valence-electron chi connectivity index (χ3n) is 2.98. The second-order valence-corrected chi connectivity index (χ2v) is 3.82. The summed E-state index contributed by atoms with van der Waals surface area (Å²) in [6.07, 6.45) is 2.52. The Morgan fingerprint density at radius 1 is 1.40 bits per heavy atom. The number of ether oxygens (including phenoxy) is 1. The van der Waals surface area contributed by atoms with Crippen molar-refractivity contribution in [1.82, 2.24) is 5.32 Å². The number of benzene rings is 1. The standard InChI is InChI=1S/C12H17NO.ClH/c1-9-10(11-6-4-8-13-11)5-3-7-12(9)14-2;/h3,5,7,11,13H,4,6,8H2,1-2H3;1H/t11-;/m0./s1. The number of halogens is 1. The van der Waals surface area contributed by atoms with Gasteiger partial charge in [-0.2, -0.15) is 0 Å². The van der Waals surface area contributed by atoms with Crippen LogP contribution in [0.1, 0.15) is 30.0 Å². The van der Waals surface area contributed by atoms with Gasteiger partial charge in [0.1, 0.15) is 5.75 Å². The molecule has 0 radical (unpaired) electrons. The molecule has 1 fully saturated rings. The summed E-state index contributed by atoms with van der Waals surface area (Å²) in [5, 5.41) is 3.51. The van der Waals surface area contributed by atoms with Crippen molar-refractivity contribution in [3.05, 3.63) is 29.3 Å². The first-order chi connectivity index (χ1) is 6.83. The van der Waals surface area contributed by atoms with Crippen molar-refractivity contribution in [3.63, 3.8) is 0 Å². The third kappa shape index (κ3) is 2.44. The Morgan fingerprint density at radius 3 is 2.80 bits per heavy atom. The van der Waals surface area contributed by atoms with Crippen LogP contribution in [0.3, 0.4) is 0 Å². The van der Waals surface area contributed by atoms with E-state index in [4.69, 9.17) is 4.74 Å². The van der Waals surface area contributed by atoms with Crippen molar-refractivity contribution in [1.29, 1.82) is 0 Å². The Bertz CT molecular complexity index is 321. The summed E-state index contributed by atoms with van der Waals surface area (Å²) in [5.74, 6) is 0.996. The van der Waals surface area contributed by atoms with E-state index in [1.807, 2.05) is 6.07 Å². The van der Waals surface area contributed by atoms with Crippen molar-refractivity contribution in [2.75, 3.05) is 13.7 Å². The van der Waals surface area contributed by atoms with Gasteiger partial charge in [0, 0.05) is 6.04 Å². The third-order valence-corrected chi connectivity index (χ3v) is 2.98. The SMILES string of the molecule is COc1cccc([C@@H]2CCCN2)c1C.Cl. The van der Waals surface area contributed by atoms with Crippen LogP contribution in [0.15, 0.2) is 18.2 Å². The minimum Gasteiger partial charge on any atom is -0.496 e. The van der Waals surface area contributed by atoms with Gasteiger partial charge in [0.05, 0.1) is 7.11 Å². The molecule has 84 valence electrons. The molecule has 0 bridgehead atoms. The fraction of sp³-hybridized carbons (Fsp3) is 0.500. The summed E-state index contributed by atoms with van der Waals surface area (Å²) in [5.41, 5.74) is 2.66. The highest BCUT2D eigenvalue weighted by Gasteiger charge is 2.18. The zero-order valence-corrected chi connectivity index (χ0v) is 10.1. The van der Waals surface area contributed by atoms with E-state index in [0.29, 0.717) is 6.04 Å². The second-order valence-electron chi connectivity index (χ2n) is 3.82. The van der Waals surface area contributed by atoms with Crippen molar-refractivity contribution < 1.29 is 4.74 Å². The van der Waals surface area contributed by atoms with E-state index >= 15 is 0 Å². The maximum atomic E-state index is 5.32. The first kappa shape index (κ1) is 12.3. The van der Waals surface area contributed by atoms with Gasteiger partial charge in [-0.1, -0.05) is 12.1 Å². The highest BCUT2D eigenvalue weighted by atomic mass is 35.5. The molecule has 1 heterocycles. The number of nitrogens with one attached hydrogen (secondary N) is 1. The van der Waals surface area contributed by atoms with Gasteiger partial charge in [0.25, 0.3) is 0 Å². The smallest absolute Gasteiger partial charge is 0.122 e. The Hall–Kier alpha value is -0.730. The molecule has 0 spiro atoms. The van der Waals surface area contributed by atoms with Crippen LogP contribution in [-0.2, 0) is 0 Å². The van der Waals surface area contributed by atoms with Crippen LogP contribution in [0, 0.1) is 6.92 Å². The zero-order chi connectivity index (χ0) is 9.97. The molecular weight excluding hydrogens is 210 g/mol. The Balaban J connectivity index is 0.00000112. The fourth-order valence-corrected chi connectivity index (χ4v) is 2.18. The van der Waals surface area contributed by atoms with E-state index in [9.17, 15) is 0 Å². The molecule has 2 rings (SSSR count). The molecule has 3 heteroatoms. The lowest BCUT2D eigenvalue weighted by Crippen LogP contribution is -2.14. The maximum Gasteiger partial charge on any atom is 0.122 e. The molecule has 2 nitrogen and oxygen atoms in total. The average Bonchev–Trinajstić information content (AvgIpc) is 2.71. The van der Waals surface area contributed by atoms with Gasteiger partial charge in [-0.25, -0.2) is 0 Å². The molecule has 1 aliphatic heterocycles. The van der Waals surface area contributed by atoms with Crippen LogP contribution in [0.4, 0.5) is 0 Å². The fourth-order valence-electron chi connectivity index (χ4n) is 2.18. The molecule has 0 amide bonds. The van der Waals surface area contributed by atoms with Gasteiger partial charge in [-0.05, 0) is 43.5 Å². The second kappa shape index (κ2) is 5.38. The van der Waals surface area contributed by atoms with Crippen molar-refractivity contribution in [2.24, 2.45) is 0 Å². The Kier molecular flexibility index (Phi) is 4.43. The lowest BCUT2D eigenvalue weighted by molar-refractivity contribution is 0.410. The van der Waals surface area contributed by atoms with Crippen LogP contribution in [0.2, 0.25) is 0 Å². The zero-order valence-electron chi connectivity index (χ0n) is 9.25. The summed E-state index contributed by atoms with van der Waals surface area (Å²) in [6, 6.07) is 6.82. The number of hydrogen-bond acceptors (Lipinski definition) is 2. The molecule has 1 N–H and O–H groups in total. The van der Waals surface area contributed by atoms with E-state index in [1.165, 1.54) is 24.0 Å². The van der Waals surface area contributed by atoms with Crippen LogP contribution in [0.25, 0.3) is 0 Å². The molecule has 1 aromatic rings. The lowest BCUT2D eigenvalue weighted by Gasteiger charge is -2.15. The van der Waals surface area contributed by atoms with Crippen molar-refractivity contribution in [2.45, 2.75) is 25.8 Å². The van der Waals surface area contributed by atoms with Crippen molar-refractivity contribution >= 4 is 12.4 Å². The number of methoxy groups -OCH3 is 1. The molecule has 1 aliphatic rings. The van der Waals surface area contributed by atoms with Crippen LogP contribution in [-0.4, -0.2) is 13.7 Å². The van der Waals surface area contributed by atoms with E-state index in [0.717, 1.165) is 12.3 Å². The molecule has 0 aromatic heterocycles. The Labute approximate surface area is 97.4 Å². The van der Waals surface area contributed by atoms with Gasteiger partial charge in [0.15, 0.2) is 0 Å². The summed E-state index contributed by atoms with van der Waals surface area (Å²) in [6.45, 7) is 3.27. The van der Waals surface area contributed by atoms with E-state index < -0.39 is 0 Å². The molecule has 1 saturated heterocycles. The maximum absolute atomic E-state index is 5.32. The van der Waals surface area contributed by atoms with Crippen LogP contribution in [0.5, 0.6) is 5.75 Å². The van der Waals surface area contributed by atoms with E-state index in [-0.39, 0.29) is 12.4 Å². The number of hydrogen-bond donors (Lipinski definition) is 1. The quantitative estimate of drug-likeness (QED) is 0.839. The molecule has 1 atom stereocenters. The minimum atomic E-state index is 0. The van der Waals surface area contributed by atoms with Crippen molar-refractivity contribution in [3.8, 4) is 5.75 Å². The average molecular weight is 228 g/mol. The van der Waals surface area contributed by atoms with Gasteiger partial charge < -0.3 is 10.1 Å². The number of rotatable bonds is 2. The van der Waals surface area contributed by atoms with E-state index in [2.05, 4.69) is 24.4 Å². The normalized spacial score (nSPS) is 19.7. The molecule has 0 aliphatic carbocycles. The van der Waals surface area contributed by atoms with Gasteiger partial charge in [0.2, 0.25) is 0 Å². The highest BCUT2D eigenvalue weighted by molar-refractivity contribution is 5.85. The molecule has 0 saturated carbocycles.